The van der Waals surface area contributed by atoms with Crippen molar-refractivity contribution in [2.75, 3.05) is 0 Å². The van der Waals surface area contributed by atoms with Gasteiger partial charge in [0, 0.05) is 17.8 Å². The first-order chi connectivity index (χ1) is 14.9. The minimum absolute atomic E-state index is 0.127. The summed E-state index contributed by atoms with van der Waals surface area (Å²) in [5.74, 6) is 0.202. The van der Waals surface area contributed by atoms with Gasteiger partial charge in [0.15, 0.2) is 6.10 Å². The summed E-state index contributed by atoms with van der Waals surface area (Å²) in [6, 6.07) is 15.6. The summed E-state index contributed by atoms with van der Waals surface area (Å²) in [6.45, 7) is 7.70. The number of benzene rings is 2. The predicted molar refractivity (Wildman–Crippen MR) is 120 cm³/mol. The second-order valence-corrected chi connectivity index (χ2v) is 8.46. The Balaban J connectivity index is 1.54. The highest BCUT2D eigenvalue weighted by atomic mass is 16.5. The zero-order valence-corrected chi connectivity index (χ0v) is 18.5. The number of nitrogens with zero attached hydrogens (tertiary/aromatic N) is 3. The van der Waals surface area contributed by atoms with Crippen LogP contribution in [0.15, 0.2) is 48.5 Å². The molecule has 4 rings (SSSR count). The van der Waals surface area contributed by atoms with Crippen LogP contribution in [0, 0.1) is 6.92 Å². The Morgan fingerprint density at radius 3 is 2.42 bits per heavy atom. The highest BCUT2D eigenvalue weighted by Crippen LogP contribution is 2.25. The van der Waals surface area contributed by atoms with E-state index in [1.165, 1.54) is 0 Å². The number of piperidine rings is 1. The molecule has 31 heavy (non-hydrogen) atoms. The number of hydrogen-bond donors (Lipinski definition) is 0. The number of amides is 1. The maximum absolute atomic E-state index is 12.9. The average molecular weight is 420 g/mol. The molecule has 162 valence electrons. The Morgan fingerprint density at radius 1 is 1.06 bits per heavy atom. The zero-order chi connectivity index (χ0) is 22.1. The van der Waals surface area contributed by atoms with Gasteiger partial charge >= 0.3 is 5.97 Å². The van der Waals surface area contributed by atoms with Crippen molar-refractivity contribution in [3.63, 3.8) is 0 Å². The Bertz CT molecular complexity index is 1100. The third-order valence-corrected chi connectivity index (χ3v) is 6.15. The van der Waals surface area contributed by atoms with Crippen molar-refractivity contribution >= 4 is 22.9 Å². The van der Waals surface area contributed by atoms with Gasteiger partial charge < -0.3 is 9.64 Å². The van der Waals surface area contributed by atoms with E-state index in [2.05, 4.69) is 23.4 Å². The van der Waals surface area contributed by atoms with E-state index in [4.69, 9.17) is 4.74 Å². The molecule has 1 saturated heterocycles. The number of ether oxygens (including phenoxy) is 1. The minimum Gasteiger partial charge on any atom is -0.449 e. The molecule has 0 N–H and O–H groups in total. The van der Waals surface area contributed by atoms with E-state index in [-0.39, 0.29) is 18.0 Å². The van der Waals surface area contributed by atoms with Crippen molar-refractivity contribution in [2.45, 2.75) is 65.1 Å². The third-order valence-electron chi connectivity index (χ3n) is 6.15. The second kappa shape index (κ2) is 8.53. The molecule has 1 aromatic heterocycles. The molecule has 0 aliphatic carbocycles. The molecule has 1 amide bonds. The lowest BCUT2D eigenvalue weighted by Crippen LogP contribution is -2.51. The number of likely N-dealkylation sites (tertiary alicyclic amines) is 1. The summed E-state index contributed by atoms with van der Waals surface area (Å²) in [7, 11) is 0. The first-order valence-corrected chi connectivity index (χ1v) is 10.9. The number of aryl methyl sites for hydroxylation is 1. The number of imidazole rings is 1. The molecule has 2 heterocycles. The van der Waals surface area contributed by atoms with Crippen LogP contribution in [-0.2, 0) is 9.53 Å². The smallest absolute Gasteiger partial charge is 0.338 e. The quantitative estimate of drug-likeness (QED) is 0.577. The van der Waals surface area contributed by atoms with Crippen LogP contribution >= 0.6 is 0 Å². The topological polar surface area (TPSA) is 64.4 Å². The van der Waals surface area contributed by atoms with Crippen LogP contribution in [0.2, 0.25) is 0 Å². The molecule has 0 unspecified atom stereocenters. The highest BCUT2D eigenvalue weighted by molar-refractivity contribution is 5.95. The molecule has 0 radical (unpaired) electrons. The molecule has 0 bridgehead atoms. The van der Waals surface area contributed by atoms with Gasteiger partial charge in [-0.1, -0.05) is 18.2 Å². The Labute approximate surface area is 182 Å². The molecule has 0 saturated carbocycles. The van der Waals surface area contributed by atoms with Crippen LogP contribution in [0.25, 0.3) is 16.7 Å². The van der Waals surface area contributed by atoms with Crippen molar-refractivity contribution in [3.8, 4) is 5.69 Å². The standard InChI is InChI=1S/C25H29N3O3/c1-16-9-8-10-17(2)27(16)24(29)18(3)31-25(30)20-13-14-23-22(15-20)26-19(4)28(23)21-11-6-5-7-12-21/h5-7,11-18H,8-10H2,1-4H3/t16-,17-,18+/m0/s1. The maximum atomic E-state index is 12.9. The van der Waals surface area contributed by atoms with Crippen LogP contribution in [0.4, 0.5) is 0 Å². The first-order valence-electron chi connectivity index (χ1n) is 10.9. The van der Waals surface area contributed by atoms with Crippen LogP contribution in [0.1, 0.15) is 56.2 Å². The minimum atomic E-state index is -0.824. The Kier molecular flexibility index (Phi) is 5.81. The summed E-state index contributed by atoms with van der Waals surface area (Å²) in [4.78, 5) is 32.2. The molecular weight excluding hydrogens is 390 g/mol. The van der Waals surface area contributed by atoms with Crippen molar-refractivity contribution in [3.05, 3.63) is 59.9 Å². The Hall–Kier alpha value is -3.15. The molecule has 3 atom stereocenters. The number of fused-ring (bicyclic) bond motifs is 1. The lowest BCUT2D eigenvalue weighted by molar-refractivity contribution is -0.146. The van der Waals surface area contributed by atoms with E-state index in [9.17, 15) is 9.59 Å². The van der Waals surface area contributed by atoms with E-state index in [0.717, 1.165) is 36.3 Å². The number of hydrogen-bond acceptors (Lipinski definition) is 4. The van der Waals surface area contributed by atoms with Gasteiger partial charge in [-0.25, -0.2) is 9.78 Å². The van der Waals surface area contributed by atoms with E-state index >= 15 is 0 Å². The van der Waals surface area contributed by atoms with Crippen LogP contribution < -0.4 is 0 Å². The van der Waals surface area contributed by atoms with Gasteiger partial charge in [-0.2, -0.15) is 0 Å². The molecule has 1 aliphatic rings. The van der Waals surface area contributed by atoms with Crippen LogP contribution in [-0.4, -0.2) is 44.5 Å². The molecule has 6 heteroatoms. The summed E-state index contributed by atoms with van der Waals surface area (Å²) >= 11 is 0. The van der Waals surface area contributed by atoms with Gasteiger partial charge in [0.1, 0.15) is 5.82 Å². The molecule has 3 aromatic rings. The normalized spacial score (nSPS) is 19.9. The van der Waals surface area contributed by atoms with Gasteiger partial charge in [0.05, 0.1) is 16.6 Å². The lowest BCUT2D eigenvalue weighted by atomic mass is 9.97. The number of para-hydroxylation sites is 1. The van der Waals surface area contributed by atoms with Gasteiger partial charge in [-0.3, -0.25) is 9.36 Å². The second-order valence-electron chi connectivity index (χ2n) is 8.46. The monoisotopic (exact) mass is 419 g/mol. The summed E-state index contributed by atoms with van der Waals surface area (Å²) in [6.07, 6.45) is 2.26. The van der Waals surface area contributed by atoms with E-state index in [1.54, 1.807) is 19.1 Å². The first kappa shape index (κ1) is 21.1. The summed E-state index contributed by atoms with van der Waals surface area (Å²) in [5, 5.41) is 0. The summed E-state index contributed by atoms with van der Waals surface area (Å²) in [5.41, 5.74) is 3.04. The molecule has 2 aromatic carbocycles. The fourth-order valence-corrected chi connectivity index (χ4v) is 4.58. The van der Waals surface area contributed by atoms with Crippen molar-refractivity contribution in [2.24, 2.45) is 0 Å². The van der Waals surface area contributed by atoms with Gasteiger partial charge in [0.25, 0.3) is 5.91 Å². The third kappa shape index (κ3) is 4.07. The van der Waals surface area contributed by atoms with Gasteiger partial charge in [-0.05, 0) is 77.3 Å². The number of aromatic nitrogens is 2. The van der Waals surface area contributed by atoms with E-state index < -0.39 is 12.1 Å². The fourth-order valence-electron chi connectivity index (χ4n) is 4.58. The average Bonchev–Trinajstić information content (AvgIpc) is 3.08. The largest absolute Gasteiger partial charge is 0.449 e. The number of rotatable bonds is 4. The molecule has 1 aliphatic heterocycles. The van der Waals surface area contributed by atoms with Crippen molar-refractivity contribution in [1.29, 1.82) is 0 Å². The van der Waals surface area contributed by atoms with Gasteiger partial charge in [0.2, 0.25) is 0 Å². The maximum Gasteiger partial charge on any atom is 0.338 e. The lowest BCUT2D eigenvalue weighted by Gasteiger charge is -2.40. The van der Waals surface area contributed by atoms with E-state index in [1.807, 2.05) is 48.2 Å². The zero-order valence-electron chi connectivity index (χ0n) is 18.5. The van der Waals surface area contributed by atoms with Crippen molar-refractivity contribution in [1.82, 2.24) is 14.5 Å². The molecular formula is C25H29N3O3. The Morgan fingerprint density at radius 2 is 1.74 bits per heavy atom. The van der Waals surface area contributed by atoms with Gasteiger partial charge in [-0.15, -0.1) is 0 Å². The highest BCUT2D eigenvalue weighted by Gasteiger charge is 2.33. The SMILES string of the molecule is Cc1nc2cc(C(=O)O[C@H](C)C(=O)N3[C@@H](C)CCC[C@@H]3C)ccc2n1-c1ccccc1. The molecule has 6 nitrogen and oxygen atoms in total. The summed E-state index contributed by atoms with van der Waals surface area (Å²) < 4.78 is 7.61. The predicted octanol–water partition coefficient (Wildman–Crippen LogP) is 4.67. The van der Waals surface area contributed by atoms with Crippen molar-refractivity contribution < 1.29 is 14.3 Å². The fraction of sp³-hybridized carbons (Fsp3) is 0.400. The van der Waals surface area contributed by atoms with E-state index in [0.29, 0.717) is 11.1 Å². The van der Waals surface area contributed by atoms with Crippen LogP contribution in [0.3, 0.4) is 0 Å². The molecule has 1 fully saturated rings. The molecule has 0 spiro atoms. The number of carbonyl (C=O) groups is 2. The van der Waals surface area contributed by atoms with Crippen LogP contribution in [0.5, 0.6) is 0 Å². The number of carbonyl (C=O) groups excluding carboxylic acids is 2. The number of esters is 1.